The number of rotatable bonds is 7. The zero-order valence-corrected chi connectivity index (χ0v) is 14.2. The van der Waals surface area contributed by atoms with Gasteiger partial charge in [0.1, 0.15) is 0 Å². The zero-order chi connectivity index (χ0) is 17.6. The topological polar surface area (TPSA) is 86.7 Å². The molecule has 1 aromatic rings. The standard InChI is InChI=1S/C16H21ClN2O4/c1-4-19(8-7-14(20)21)16(23)12-9-11(5-6-13(12)17)18-15(22)10(2)3/h5-6,9-10H,4,7-8H2,1-3H3,(H,18,22)(H,20,21). The van der Waals surface area contributed by atoms with Crippen molar-refractivity contribution in [1.29, 1.82) is 0 Å². The summed E-state index contributed by atoms with van der Waals surface area (Å²) in [6.45, 7) is 5.76. The molecular formula is C16H21ClN2O4. The minimum absolute atomic E-state index is 0.101. The van der Waals surface area contributed by atoms with Gasteiger partial charge in [0.25, 0.3) is 5.91 Å². The van der Waals surface area contributed by atoms with Crippen LogP contribution in [0.2, 0.25) is 5.02 Å². The third kappa shape index (κ3) is 5.56. The lowest BCUT2D eigenvalue weighted by molar-refractivity contribution is -0.137. The van der Waals surface area contributed by atoms with Crippen molar-refractivity contribution >= 4 is 35.1 Å². The van der Waals surface area contributed by atoms with E-state index in [0.717, 1.165) is 0 Å². The van der Waals surface area contributed by atoms with Gasteiger partial charge in [0.2, 0.25) is 5.91 Å². The minimum Gasteiger partial charge on any atom is -0.481 e. The van der Waals surface area contributed by atoms with Crippen LogP contribution in [0.3, 0.4) is 0 Å². The third-order valence-corrected chi connectivity index (χ3v) is 3.58. The molecule has 2 N–H and O–H groups in total. The Morgan fingerprint density at radius 1 is 1.30 bits per heavy atom. The number of nitrogens with zero attached hydrogens (tertiary/aromatic N) is 1. The Bertz CT molecular complexity index is 602. The van der Waals surface area contributed by atoms with Crippen molar-refractivity contribution in [3.63, 3.8) is 0 Å². The number of carbonyl (C=O) groups excluding carboxylic acids is 2. The van der Waals surface area contributed by atoms with Gasteiger partial charge in [-0.05, 0) is 25.1 Å². The summed E-state index contributed by atoms with van der Waals surface area (Å²) in [4.78, 5) is 36.3. The highest BCUT2D eigenvalue weighted by Gasteiger charge is 2.19. The number of halogens is 1. The molecule has 0 aliphatic heterocycles. The zero-order valence-electron chi connectivity index (χ0n) is 13.4. The fourth-order valence-electron chi connectivity index (χ4n) is 1.86. The van der Waals surface area contributed by atoms with Crippen molar-refractivity contribution in [2.45, 2.75) is 27.2 Å². The van der Waals surface area contributed by atoms with Crippen LogP contribution in [0.1, 0.15) is 37.6 Å². The van der Waals surface area contributed by atoms with Gasteiger partial charge >= 0.3 is 5.97 Å². The number of anilines is 1. The van der Waals surface area contributed by atoms with E-state index in [1.165, 1.54) is 17.0 Å². The Kier molecular flexibility index (Phi) is 7.03. The molecule has 23 heavy (non-hydrogen) atoms. The number of amides is 2. The summed E-state index contributed by atoms with van der Waals surface area (Å²) < 4.78 is 0. The number of hydrogen-bond donors (Lipinski definition) is 2. The number of benzene rings is 1. The number of carboxylic acids is 1. The highest BCUT2D eigenvalue weighted by Crippen LogP contribution is 2.22. The molecule has 0 spiro atoms. The fourth-order valence-corrected chi connectivity index (χ4v) is 2.06. The van der Waals surface area contributed by atoms with Crippen LogP contribution in [-0.4, -0.2) is 40.9 Å². The van der Waals surface area contributed by atoms with E-state index in [1.54, 1.807) is 26.8 Å². The smallest absolute Gasteiger partial charge is 0.305 e. The summed E-state index contributed by atoms with van der Waals surface area (Å²) in [5.41, 5.74) is 0.714. The van der Waals surface area contributed by atoms with Crippen LogP contribution >= 0.6 is 11.6 Å². The van der Waals surface area contributed by atoms with Crippen LogP contribution in [0.15, 0.2) is 18.2 Å². The van der Waals surface area contributed by atoms with E-state index in [-0.39, 0.29) is 41.3 Å². The van der Waals surface area contributed by atoms with Gasteiger partial charge in [-0.15, -0.1) is 0 Å². The second kappa shape index (κ2) is 8.53. The molecule has 7 heteroatoms. The van der Waals surface area contributed by atoms with Crippen molar-refractivity contribution in [1.82, 2.24) is 4.90 Å². The predicted molar refractivity (Wildman–Crippen MR) is 88.8 cm³/mol. The minimum atomic E-state index is -0.972. The second-order valence-electron chi connectivity index (χ2n) is 5.37. The molecule has 0 fully saturated rings. The Hall–Kier alpha value is -2.08. The quantitative estimate of drug-likeness (QED) is 0.799. The second-order valence-corrected chi connectivity index (χ2v) is 5.77. The molecule has 0 aromatic heterocycles. The van der Waals surface area contributed by atoms with Crippen LogP contribution in [0.5, 0.6) is 0 Å². The summed E-state index contributed by atoms with van der Waals surface area (Å²) >= 11 is 6.08. The summed E-state index contributed by atoms with van der Waals surface area (Å²) in [5.74, 6) is -1.68. The maximum atomic E-state index is 12.5. The maximum absolute atomic E-state index is 12.5. The SMILES string of the molecule is CCN(CCC(=O)O)C(=O)c1cc(NC(=O)C(C)C)ccc1Cl. The average Bonchev–Trinajstić information content (AvgIpc) is 2.49. The van der Waals surface area contributed by atoms with Gasteiger partial charge in [-0.3, -0.25) is 14.4 Å². The van der Waals surface area contributed by atoms with Gasteiger partial charge in [-0.1, -0.05) is 25.4 Å². The van der Waals surface area contributed by atoms with E-state index in [1.807, 2.05) is 0 Å². The molecule has 0 saturated carbocycles. The number of nitrogens with one attached hydrogen (secondary N) is 1. The van der Waals surface area contributed by atoms with E-state index in [2.05, 4.69) is 5.32 Å². The molecule has 0 heterocycles. The van der Waals surface area contributed by atoms with Gasteiger partial charge in [0.15, 0.2) is 0 Å². The first-order valence-electron chi connectivity index (χ1n) is 7.37. The number of aliphatic carboxylic acids is 1. The average molecular weight is 341 g/mol. The van der Waals surface area contributed by atoms with Crippen molar-refractivity contribution < 1.29 is 19.5 Å². The summed E-state index contributed by atoms with van der Waals surface area (Å²) in [7, 11) is 0. The normalized spacial score (nSPS) is 10.5. The molecule has 0 saturated heterocycles. The Labute approximate surface area is 140 Å². The fraction of sp³-hybridized carbons (Fsp3) is 0.438. The number of hydrogen-bond acceptors (Lipinski definition) is 3. The summed E-state index contributed by atoms with van der Waals surface area (Å²) in [6.07, 6.45) is -0.138. The molecule has 0 aliphatic carbocycles. The molecule has 0 radical (unpaired) electrons. The summed E-state index contributed by atoms with van der Waals surface area (Å²) in [6, 6.07) is 4.66. The lowest BCUT2D eigenvalue weighted by atomic mass is 10.1. The van der Waals surface area contributed by atoms with E-state index >= 15 is 0 Å². The van der Waals surface area contributed by atoms with E-state index in [9.17, 15) is 14.4 Å². The van der Waals surface area contributed by atoms with Crippen molar-refractivity contribution in [2.75, 3.05) is 18.4 Å². The predicted octanol–water partition coefficient (Wildman–Crippen LogP) is 2.87. The highest BCUT2D eigenvalue weighted by molar-refractivity contribution is 6.34. The molecule has 0 unspecified atom stereocenters. The maximum Gasteiger partial charge on any atom is 0.305 e. The first-order chi connectivity index (χ1) is 10.8. The van der Waals surface area contributed by atoms with Gasteiger partial charge in [-0.25, -0.2) is 0 Å². The molecule has 0 bridgehead atoms. The van der Waals surface area contributed by atoms with Crippen LogP contribution in [-0.2, 0) is 9.59 Å². The van der Waals surface area contributed by atoms with Gasteiger partial charge in [-0.2, -0.15) is 0 Å². The molecule has 2 amide bonds. The lowest BCUT2D eigenvalue weighted by Crippen LogP contribution is -2.33. The van der Waals surface area contributed by atoms with Crippen LogP contribution in [0.4, 0.5) is 5.69 Å². The number of carboxylic acid groups (broad SMARTS) is 1. The highest BCUT2D eigenvalue weighted by atomic mass is 35.5. The van der Waals surface area contributed by atoms with E-state index in [4.69, 9.17) is 16.7 Å². The molecular weight excluding hydrogens is 320 g/mol. The van der Waals surface area contributed by atoms with Gasteiger partial charge < -0.3 is 15.3 Å². The van der Waals surface area contributed by atoms with Gasteiger partial charge in [0.05, 0.1) is 17.0 Å². The first kappa shape index (κ1) is 19.0. The molecule has 0 aliphatic rings. The lowest BCUT2D eigenvalue weighted by Gasteiger charge is -2.21. The molecule has 0 atom stereocenters. The van der Waals surface area contributed by atoms with Crippen LogP contribution < -0.4 is 5.32 Å². The molecule has 6 nitrogen and oxygen atoms in total. The number of carbonyl (C=O) groups is 3. The van der Waals surface area contributed by atoms with Crippen LogP contribution in [0.25, 0.3) is 0 Å². The molecule has 1 rings (SSSR count). The van der Waals surface area contributed by atoms with Gasteiger partial charge in [0, 0.05) is 24.7 Å². The monoisotopic (exact) mass is 340 g/mol. The van der Waals surface area contributed by atoms with Crippen molar-refractivity contribution in [3.05, 3.63) is 28.8 Å². The Morgan fingerprint density at radius 2 is 1.96 bits per heavy atom. The first-order valence-corrected chi connectivity index (χ1v) is 7.75. The largest absolute Gasteiger partial charge is 0.481 e. The van der Waals surface area contributed by atoms with Crippen LogP contribution in [0, 0.1) is 5.92 Å². The molecule has 1 aromatic carbocycles. The van der Waals surface area contributed by atoms with E-state index in [0.29, 0.717) is 12.2 Å². The molecule has 126 valence electrons. The summed E-state index contributed by atoms with van der Waals surface area (Å²) in [5, 5.41) is 11.7. The van der Waals surface area contributed by atoms with E-state index < -0.39 is 5.97 Å². The van der Waals surface area contributed by atoms with Crippen molar-refractivity contribution in [3.8, 4) is 0 Å². The Balaban J connectivity index is 2.98. The Morgan fingerprint density at radius 3 is 2.48 bits per heavy atom. The van der Waals surface area contributed by atoms with Crippen molar-refractivity contribution in [2.24, 2.45) is 5.92 Å². The third-order valence-electron chi connectivity index (χ3n) is 3.25.